The molecule has 0 spiro atoms. The van der Waals surface area contributed by atoms with Crippen molar-refractivity contribution >= 4 is 11.7 Å². The van der Waals surface area contributed by atoms with Crippen molar-refractivity contribution in [1.82, 2.24) is 14.7 Å². The van der Waals surface area contributed by atoms with Gasteiger partial charge in [0.25, 0.3) is 0 Å². The summed E-state index contributed by atoms with van der Waals surface area (Å²) in [7, 11) is 0. The Morgan fingerprint density at radius 3 is 2.62 bits per heavy atom. The van der Waals surface area contributed by atoms with Crippen LogP contribution in [0.2, 0.25) is 0 Å². The minimum atomic E-state index is -0.807. The fraction of sp³-hybridized carbons (Fsp3) is 0.227. The molecule has 0 amide bonds. The number of nitrogens with two attached hydrogens (primary N) is 2. The summed E-state index contributed by atoms with van der Waals surface area (Å²) in [5.41, 5.74) is 13.5. The van der Waals surface area contributed by atoms with Crippen molar-refractivity contribution in [1.29, 1.82) is 10.7 Å². The molecule has 1 unspecified atom stereocenters. The summed E-state index contributed by atoms with van der Waals surface area (Å²) in [6.07, 6.45) is 3.79. The highest BCUT2D eigenvalue weighted by Crippen LogP contribution is 2.33. The van der Waals surface area contributed by atoms with Crippen molar-refractivity contribution in [3.63, 3.8) is 0 Å². The molecule has 0 aliphatic carbocycles. The summed E-state index contributed by atoms with van der Waals surface area (Å²) in [5, 5.41) is 21.8. The van der Waals surface area contributed by atoms with Gasteiger partial charge in [-0.1, -0.05) is 0 Å². The molecule has 1 atom stereocenters. The van der Waals surface area contributed by atoms with E-state index in [1.807, 2.05) is 0 Å². The second kappa shape index (κ2) is 8.55. The summed E-state index contributed by atoms with van der Waals surface area (Å²) < 4.78 is 34.0. The van der Waals surface area contributed by atoms with Gasteiger partial charge < -0.3 is 21.1 Å². The standard InChI is InChI=1S/C22H21F2N7O/c23-14-5-8-18(17(24)10-14)32-16-6-3-13(4-7-16)20-19(21(26)27)22(28)31(29-20)15-2-1-9-30(11-15)12-25/h3-8,10,15H,1-2,9,11,28H2,(H3,26,27). The molecule has 0 bridgehead atoms. The Morgan fingerprint density at radius 2 is 1.97 bits per heavy atom. The molecule has 8 nitrogen and oxygen atoms in total. The molecular formula is C22H21F2N7O. The fourth-order valence-corrected chi connectivity index (χ4v) is 3.80. The Morgan fingerprint density at radius 1 is 1.22 bits per heavy atom. The monoisotopic (exact) mass is 437 g/mol. The second-order valence-electron chi connectivity index (χ2n) is 7.51. The Bertz CT molecular complexity index is 1200. The van der Waals surface area contributed by atoms with Crippen molar-refractivity contribution in [2.24, 2.45) is 5.73 Å². The molecule has 5 N–H and O–H groups in total. The summed E-state index contributed by atoms with van der Waals surface area (Å²) in [6.45, 7) is 1.17. The number of aromatic nitrogens is 2. The second-order valence-corrected chi connectivity index (χ2v) is 7.51. The average molecular weight is 437 g/mol. The number of piperidine rings is 1. The molecular weight excluding hydrogens is 416 g/mol. The Labute approximate surface area is 183 Å². The zero-order valence-corrected chi connectivity index (χ0v) is 17.1. The van der Waals surface area contributed by atoms with Crippen molar-refractivity contribution in [2.75, 3.05) is 18.8 Å². The Balaban J connectivity index is 1.64. The first kappa shape index (κ1) is 21.1. The van der Waals surface area contributed by atoms with E-state index in [1.54, 1.807) is 33.8 Å². The van der Waals surface area contributed by atoms with Gasteiger partial charge in [-0.15, -0.1) is 0 Å². The Kier molecular flexibility index (Phi) is 5.64. The van der Waals surface area contributed by atoms with Crippen LogP contribution in [0, 0.1) is 28.5 Å². The first-order chi connectivity index (χ1) is 15.4. The van der Waals surface area contributed by atoms with Crippen LogP contribution in [0.5, 0.6) is 11.5 Å². The van der Waals surface area contributed by atoms with Gasteiger partial charge >= 0.3 is 0 Å². The van der Waals surface area contributed by atoms with Crippen LogP contribution >= 0.6 is 0 Å². The largest absolute Gasteiger partial charge is 0.454 e. The van der Waals surface area contributed by atoms with Gasteiger partial charge in [0.2, 0.25) is 0 Å². The molecule has 164 valence electrons. The van der Waals surface area contributed by atoms with Gasteiger partial charge in [0.15, 0.2) is 17.8 Å². The molecule has 1 fully saturated rings. The minimum absolute atomic E-state index is 0.101. The normalized spacial score (nSPS) is 15.9. The van der Waals surface area contributed by atoms with Gasteiger partial charge in [-0.05, 0) is 49.2 Å². The molecule has 2 heterocycles. The third-order valence-electron chi connectivity index (χ3n) is 5.35. The highest BCUT2D eigenvalue weighted by atomic mass is 19.1. The number of likely N-dealkylation sites (tertiary alicyclic amines) is 1. The number of rotatable bonds is 5. The highest BCUT2D eigenvalue weighted by molar-refractivity contribution is 6.04. The number of nitrogens with zero attached hydrogens (tertiary/aromatic N) is 4. The van der Waals surface area contributed by atoms with Crippen LogP contribution in [0.1, 0.15) is 24.4 Å². The maximum atomic E-state index is 13.8. The van der Waals surface area contributed by atoms with Crippen LogP contribution in [0.25, 0.3) is 11.3 Å². The number of benzene rings is 2. The predicted molar refractivity (Wildman–Crippen MR) is 115 cm³/mol. The van der Waals surface area contributed by atoms with E-state index in [1.165, 1.54) is 6.07 Å². The predicted octanol–water partition coefficient (Wildman–Crippen LogP) is 3.60. The number of hydrogen-bond donors (Lipinski definition) is 3. The molecule has 4 rings (SSSR count). The maximum Gasteiger partial charge on any atom is 0.179 e. The maximum absolute atomic E-state index is 13.8. The SMILES string of the molecule is N#CN1CCCC(n2nc(-c3ccc(Oc4ccc(F)cc4F)cc3)c(C(=N)N)c2N)C1. The molecule has 0 radical (unpaired) electrons. The first-order valence-corrected chi connectivity index (χ1v) is 9.97. The lowest BCUT2D eigenvalue weighted by atomic mass is 10.1. The summed E-state index contributed by atoms with van der Waals surface area (Å²) in [5.74, 6) is -1.20. The third kappa shape index (κ3) is 4.05. The number of nitrogens with one attached hydrogen (secondary N) is 1. The van der Waals surface area contributed by atoms with E-state index in [9.17, 15) is 14.0 Å². The Hall–Kier alpha value is -4.13. The molecule has 1 aromatic heterocycles. The molecule has 10 heteroatoms. The van der Waals surface area contributed by atoms with Gasteiger partial charge in [0, 0.05) is 18.2 Å². The van der Waals surface area contributed by atoms with E-state index in [4.69, 9.17) is 21.6 Å². The quantitative estimate of drug-likeness (QED) is 0.318. The zero-order chi connectivity index (χ0) is 22.8. The van der Waals surface area contributed by atoms with Gasteiger partial charge in [-0.25, -0.2) is 13.5 Å². The number of anilines is 1. The highest BCUT2D eigenvalue weighted by Gasteiger charge is 2.27. The first-order valence-electron chi connectivity index (χ1n) is 9.97. The number of hydrogen-bond acceptors (Lipinski definition) is 6. The van der Waals surface area contributed by atoms with Crippen LogP contribution in [0.15, 0.2) is 42.5 Å². The molecule has 32 heavy (non-hydrogen) atoms. The number of ether oxygens (including phenoxy) is 1. The average Bonchev–Trinajstić information content (AvgIpc) is 3.13. The van der Waals surface area contributed by atoms with Crippen LogP contribution in [-0.4, -0.2) is 33.6 Å². The van der Waals surface area contributed by atoms with Crippen molar-refractivity contribution in [2.45, 2.75) is 18.9 Å². The van der Waals surface area contributed by atoms with Gasteiger partial charge in [-0.3, -0.25) is 5.41 Å². The van der Waals surface area contributed by atoms with E-state index in [0.717, 1.165) is 25.0 Å². The van der Waals surface area contributed by atoms with Gasteiger partial charge in [-0.2, -0.15) is 10.4 Å². The molecule has 1 aliphatic rings. The zero-order valence-electron chi connectivity index (χ0n) is 17.1. The summed E-state index contributed by atoms with van der Waals surface area (Å²) in [6, 6.07) is 9.56. The molecule has 2 aromatic carbocycles. The summed E-state index contributed by atoms with van der Waals surface area (Å²) in [4.78, 5) is 1.66. The van der Waals surface area contributed by atoms with E-state index in [-0.39, 0.29) is 23.4 Å². The lowest BCUT2D eigenvalue weighted by Gasteiger charge is -2.29. The van der Waals surface area contributed by atoms with Crippen molar-refractivity contribution in [3.05, 3.63) is 59.7 Å². The van der Waals surface area contributed by atoms with Crippen LogP contribution in [-0.2, 0) is 0 Å². The number of amidine groups is 1. The number of nitrogen functional groups attached to an aromatic ring is 2. The van der Waals surface area contributed by atoms with Crippen LogP contribution in [0.3, 0.4) is 0 Å². The minimum Gasteiger partial charge on any atom is -0.454 e. The lowest BCUT2D eigenvalue weighted by molar-refractivity contribution is 0.235. The van der Waals surface area contributed by atoms with Gasteiger partial charge in [0.05, 0.1) is 18.2 Å². The van der Waals surface area contributed by atoms with E-state index in [2.05, 4.69) is 11.3 Å². The third-order valence-corrected chi connectivity index (χ3v) is 5.35. The van der Waals surface area contributed by atoms with E-state index >= 15 is 0 Å². The number of nitriles is 1. The van der Waals surface area contributed by atoms with E-state index < -0.39 is 11.6 Å². The molecule has 3 aromatic rings. The summed E-state index contributed by atoms with van der Waals surface area (Å²) >= 11 is 0. The molecule has 0 saturated carbocycles. The molecule has 1 aliphatic heterocycles. The topological polar surface area (TPSA) is 130 Å². The number of halogens is 2. The lowest BCUT2D eigenvalue weighted by Crippen LogP contribution is -2.34. The fourth-order valence-electron chi connectivity index (χ4n) is 3.80. The smallest absolute Gasteiger partial charge is 0.179 e. The van der Waals surface area contributed by atoms with Crippen LogP contribution in [0.4, 0.5) is 14.6 Å². The van der Waals surface area contributed by atoms with Crippen molar-refractivity contribution < 1.29 is 13.5 Å². The van der Waals surface area contributed by atoms with Crippen molar-refractivity contribution in [3.8, 4) is 28.9 Å². The molecule has 1 saturated heterocycles. The van der Waals surface area contributed by atoms with Gasteiger partial charge in [0.1, 0.15) is 28.9 Å². The van der Waals surface area contributed by atoms with E-state index in [0.29, 0.717) is 35.7 Å². The van der Waals surface area contributed by atoms with Crippen LogP contribution < -0.4 is 16.2 Å².